The highest BCUT2D eigenvalue weighted by atomic mass is 79.9. The Balaban J connectivity index is 1.72. The standard InChI is InChI=1S/C15H17BrN4O2S/c1-22-6-5-20-14(21)10-23-15(20)13-9-19(18-17-13)8-11-3-2-4-12(16)7-11/h2-4,7,9,15H,5-6,8,10H2,1H3. The third-order valence-corrected chi connectivity index (χ3v) is 5.27. The first-order chi connectivity index (χ1) is 11.2. The number of hydrogen-bond acceptors (Lipinski definition) is 5. The van der Waals surface area contributed by atoms with Crippen molar-refractivity contribution in [3.05, 3.63) is 46.2 Å². The molecule has 0 spiro atoms. The van der Waals surface area contributed by atoms with Crippen LogP contribution in [0.2, 0.25) is 0 Å². The maximum Gasteiger partial charge on any atom is 0.233 e. The van der Waals surface area contributed by atoms with Gasteiger partial charge >= 0.3 is 0 Å². The van der Waals surface area contributed by atoms with Crippen LogP contribution in [0.4, 0.5) is 0 Å². The summed E-state index contributed by atoms with van der Waals surface area (Å²) in [5.74, 6) is 0.603. The summed E-state index contributed by atoms with van der Waals surface area (Å²) in [5.41, 5.74) is 1.95. The average Bonchev–Trinajstić information content (AvgIpc) is 3.12. The lowest BCUT2D eigenvalue weighted by Gasteiger charge is -2.21. The van der Waals surface area contributed by atoms with Crippen LogP contribution in [0.15, 0.2) is 34.9 Å². The van der Waals surface area contributed by atoms with E-state index < -0.39 is 0 Å². The van der Waals surface area contributed by atoms with E-state index in [9.17, 15) is 4.79 Å². The quantitative estimate of drug-likeness (QED) is 0.749. The van der Waals surface area contributed by atoms with Gasteiger partial charge in [0, 0.05) is 18.1 Å². The van der Waals surface area contributed by atoms with Gasteiger partial charge in [-0.25, -0.2) is 4.68 Å². The molecule has 0 saturated carbocycles. The molecular weight excluding hydrogens is 380 g/mol. The van der Waals surface area contributed by atoms with E-state index in [1.807, 2.05) is 29.3 Å². The molecule has 1 aliphatic rings. The van der Waals surface area contributed by atoms with Gasteiger partial charge in [-0.05, 0) is 17.7 Å². The number of carbonyl (C=O) groups excluding carboxylic acids is 1. The van der Waals surface area contributed by atoms with E-state index in [2.05, 4.69) is 32.3 Å². The minimum absolute atomic E-state index is 0.0751. The number of aromatic nitrogens is 3. The van der Waals surface area contributed by atoms with E-state index in [-0.39, 0.29) is 11.3 Å². The van der Waals surface area contributed by atoms with Crippen molar-refractivity contribution in [2.45, 2.75) is 11.9 Å². The molecule has 1 amide bonds. The molecule has 0 bridgehead atoms. The lowest BCUT2D eigenvalue weighted by Crippen LogP contribution is -2.31. The van der Waals surface area contributed by atoms with Crippen molar-refractivity contribution in [3.8, 4) is 0 Å². The Kier molecular flexibility index (Phi) is 5.34. The van der Waals surface area contributed by atoms with Gasteiger partial charge in [-0.15, -0.1) is 16.9 Å². The molecule has 8 heteroatoms. The predicted octanol–water partition coefficient (Wildman–Crippen LogP) is 2.31. The van der Waals surface area contributed by atoms with E-state index in [0.717, 1.165) is 15.7 Å². The van der Waals surface area contributed by atoms with E-state index in [1.54, 1.807) is 23.6 Å². The molecule has 0 N–H and O–H groups in total. The Morgan fingerprint density at radius 3 is 3.13 bits per heavy atom. The summed E-state index contributed by atoms with van der Waals surface area (Å²) in [6.45, 7) is 1.75. The van der Waals surface area contributed by atoms with E-state index >= 15 is 0 Å². The Morgan fingerprint density at radius 1 is 1.48 bits per heavy atom. The number of benzene rings is 1. The number of methoxy groups -OCH3 is 1. The van der Waals surface area contributed by atoms with Crippen molar-refractivity contribution in [2.75, 3.05) is 26.0 Å². The first kappa shape index (κ1) is 16.5. The van der Waals surface area contributed by atoms with Crippen molar-refractivity contribution in [3.63, 3.8) is 0 Å². The second-order valence-corrected chi connectivity index (χ2v) is 7.20. The van der Waals surface area contributed by atoms with Crippen molar-refractivity contribution >= 4 is 33.6 Å². The van der Waals surface area contributed by atoms with Crippen LogP contribution < -0.4 is 0 Å². The van der Waals surface area contributed by atoms with Crippen LogP contribution in [0.5, 0.6) is 0 Å². The van der Waals surface area contributed by atoms with Crippen LogP contribution in [-0.4, -0.2) is 51.8 Å². The largest absolute Gasteiger partial charge is 0.383 e. The van der Waals surface area contributed by atoms with Gasteiger partial charge < -0.3 is 9.64 Å². The summed E-state index contributed by atoms with van der Waals surface area (Å²) in [6.07, 6.45) is 1.91. The molecule has 1 unspecified atom stereocenters. The number of carbonyl (C=O) groups is 1. The molecule has 1 fully saturated rings. The Labute approximate surface area is 147 Å². The van der Waals surface area contributed by atoms with Gasteiger partial charge in [0.1, 0.15) is 11.1 Å². The molecule has 2 aromatic rings. The number of hydrogen-bond donors (Lipinski definition) is 0. The zero-order valence-electron chi connectivity index (χ0n) is 12.7. The van der Waals surface area contributed by atoms with Crippen LogP contribution in [0, 0.1) is 0 Å². The fourth-order valence-electron chi connectivity index (χ4n) is 2.46. The van der Waals surface area contributed by atoms with Crippen molar-refractivity contribution in [1.82, 2.24) is 19.9 Å². The summed E-state index contributed by atoms with van der Waals surface area (Å²) in [4.78, 5) is 13.8. The highest BCUT2D eigenvalue weighted by molar-refractivity contribution is 9.10. The van der Waals surface area contributed by atoms with Gasteiger partial charge in [0.05, 0.1) is 25.1 Å². The zero-order chi connectivity index (χ0) is 16.2. The van der Waals surface area contributed by atoms with Gasteiger partial charge in [0.15, 0.2) is 0 Å². The highest BCUT2D eigenvalue weighted by Gasteiger charge is 2.34. The molecule has 3 rings (SSSR count). The number of amides is 1. The van der Waals surface area contributed by atoms with Gasteiger partial charge in [0.25, 0.3) is 0 Å². The molecule has 1 aliphatic heterocycles. The van der Waals surface area contributed by atoms with Crippen LogP contribution in [-0.2, 0) is 16.1 Å². The first-order valence-corrected chi connectivity index (χ1v) is 9.06. The first-order valence-electron chi connectivity index (χ1n) is 7.22. The molecule has 1 atom stereocenters. The predicted molar refractivity (Wildman–Crippen MR) is 92.1 cm³/mol. The molecule has 2 heterocycles. The lowest BCUT2D eigenvalue weighted by atomic mass is 10.2. The van der Waals surface area contributed by atoms with Gasteiger partial charge in [-0.1, -0.05) is 33.3 Å². The van der Waals surface area contributed by atoms with E-state index in [1.165, 1.54) is 0 Å². The Morgan fingerprint density at radius 2 is 2.35 bits per heavy atom. The van der Waals surface area contributed by atoms with E-state index in [4.69, 9.17) is 4.74 Å². The molecule has 1 saturated heterocycles. The topological polar surface area (TPSA) is 60.2 Å². The monoisotopic (exact) mass is 396 g/mol. The summed E-state index contributed by atoms with van der Waals surface area (Å²) >= 11 is 5.05. The Bertz CT molecular complexity index is 694. The normalized spacial score (nSPS) is 17.9. The maximum absolute atomic E-state index is 12.0. The number of rotatable bonds is 6. The fraction of sp³-hybridized carbons (Fsp3) is 0.400. The third kappa shape index (κ3) is 3.94. The maximum atomic E-state index is 12.0. The molecular formula is C15H17BrN4O2S. The smallest absolute Gasteiger partial charge is 0.233 e. The minimum Gasteiger partial charge on any atom is -0.383 e. The minimum atomic E-state index is -0.0751. The summed E-state index contributed by atoms with van der Waals surface area (Å²) < 4.78 is 7.92. The van der Waals surface area contributed by atoms with Crippen molar-refractivity contribution in [1.29, 1.82) is 0 Å². The third-order valence-electron chi connectivity index (χ3n) is 3.55. The summed E-state index contributed by atoms with van der Waals surface area (Å²) in [5, 5.41) is 8.37. The van der Waals surface area contributed by atoms with Gasteiger partial charge in [0.2, 0.25) is 5.91 Å². The van der Waals surface area contributed by atoms with Crippen LogP contribution in [0.1, 0.15) is 16.6 Å². The number of thioether (sulfide) groups is 1. The number of ether oxygens (including phenoxy) is 1. The molecule has 0 aliphatic carbocycles. The molecule has 23 heavy (non-hydrogen) atoms. The van der Waals surface area contributed by atoms with Crippen LogP contribution in [0.3, 0.4) is 0 Å². The molecule has 6 nitrogen and oxygen atoms in total. The SMILES string of the molecule is COCCN1C(=O)CSC1c1cn(Cc2cccc(Br)c2)nn1. The summed E-state index contributed by atoms with van der Waals surface area (Å²) in [7, 11) is 1.64. The molecule has 122 valence electrons. The highest BCUT2D eigenvalue weighted by Crippen LogP contribution is 2.37. The molecule has 1 aromatic heterocycles. The fourth-order valence-corrected chi connectivity index (χ4v) is 4.05. The van der Waals surface area contributed by atoms with E-state index in [0.29, 0.717) is 25.4 Å². The molecule has 1 aromatic carbocycles. The molecule has 0 radical (unpaired) electrons. The van der Waals surface area contributed by atoms with Gasteiger partial charge in [-0.3, -0.25) is 4.79 Å². The van der Waals surface area contributed by atoms with Gasteiger partial charge in [-0.2, -0.15) is 0 Å². The Hall–Kier alpha value is -1.38. The number of nitrogens with zero attached hydrogens (tertiary/aromatic N) is 4. The van der Waals surface area contributed by atoms with Crippen molar-refractivity contribution < 1.29 is 9.53 Å². The zero-order valence-corrected chi connectivity index (χ0v) is 15.1. The second-order valence-electron chi connectivity index (χ2n) is 5.21. The average molecular weight is 397 g/mol. The van der Waals surface area contributed by atoms with Crippen LogP contribution in [0.25, 0.3) is 0 Å². The number of halogens is 1. The summed E-state index contributed by atoms with van der Waals surface area (Å²) in [6, 6.07) is 8.09. The van der Waals surface area contributed by atoms with Crippen LogP contribution >= 0.6 is 27.7 Å². The lowest BCUT2D eigenvalue weighted by molar-refractivity contribution is -0.128. The second kappa shape index (κ2) is 7.46. The van der Waals surface area contributed by atoms with Crippen molar-refractivity contribution in [2.24, 2.45) is 0 Å².